The number of hydrogen-bond donors (Lipinski definition) is 1. The van der Waals surface area contributed by atoms with E-state index < -0.39 is 0 Å². The zero-order valence-electron chi connectivity index (χ0n) is 13.8. The van der Waals surface area contributed by atoms with Crippen LogP contribution >= 0.6 is 23.7 Å². The van der Waals surface area contributed by atoms with E-state index in [-0.39, 0.29) is 18.3 Å². The molecule has 0 aliphatic carbocycles. The van der Waals surface area contributed by atoms with Crippen molar-refractivity contribution in [3.63, 3.8) is 0 Å². The molecule has 1 aromatic heterocycles. The van der Waals surface area contributed by atoms with Crippen LogP contribution in [0.1, 0.15) is 31.2 Å². The van der Waals surface area contributed by atoms with E-state index in [0.717, 1.165) is 25.2 Å². The van der Waals surface area contributed by atoms with Crippen LogP contribution < -0.4 is 10.2 Å². The van der Waals surface area contributed by atoms with Gasteiger partial charge in [0.25, 0.3) is 0 Å². The lowest BCUT2D eigenvalue weighted by Crippen LogP contribution is -2.32. The Hall–Kier alpha value is -1.36. The Balaban J connectivity index is 0.00000208. The average molecular weight is 365 g/mol. The maximum absolute atomic E-state index is 12.8. The quantitative estimate of drug-likeness (QED) is 0.819. The van der Waals surface area contributed by atoms with E-state index in [9.17, 15) is 4.79 Å². The molecule has 1 fully saturated rings. The summed E-state index contributed by atoms with van der Waals surface area (Å²) in [5.74, 6) is 0.930. The number of hydrogen-bond acceptors (Lipinski definition) is 3. The maximum atomic E-state index is 12.8. The number of halogens is 1. The standard InChI is InChI=1S/C19H24N2OS.ClH/c22-19(7-6-16-8-11-20-12-9-16)21(14-17-10-13-23-15-17)18-4-2-1-3-5-18;/h1-5,10,13,15-16,20H,6-9,11-12,14H2;1H. The van der Waals surface area contributed by atoms with Gasteiger partial charge in [0.15, 0.2) is 0 Å². The van der Waals surface area contributed by atoms with Crippen molar-refractivity contribution in [3.05, 3.63) is 52.7 Å². The van der Waals surface area contributed by atoms with E-state index in [0.29, 0.717) is 18.9 Å². The summed E-state index contributed by atoms with van der Waals surface area (Å²) in [4.78, 5) is 14.8. The van der Waals surface area contributed by atoms with Crippen LogP contribution in [0.2, 0.25) is 0 Å². The number of para-hydroxylation sites is 1. The van der Waals surface area contributed by atoms with Gasteiger partial charge < -0.3 is 10.2 Å². The Morgan fingerprint density at radius 1 is 1.17 bits per heavy atom. The predicted molar refractivity (Wildman–Crippen MR) is 104 cm³/mol. The highest BCUT2D eigenvalue weighted by Gasteiger charge is 2.19. The number of benzene rings is 1. The number of anilines is 1. The van der Waals surface area contributed by atoms with Crippen molar-refractivity contribution in [2.24, 2.45) is 5.92 Å². The Kier molecular flexibility index (Phi) is 7.76. The first-order valence-corrected chi connectivity index (χ1v) is 9.34. The highest BCUT2D eigenvalue weighted by molar-refractivity contribution is 7.07. The third kappa shape index (κ3) is 5.33. The number of amides is 1. The minimum atomic E-state index is 0. The first kappa shape index (κ1) is 19.0. The van der Waals surface area contributed by atoms with Gasteiger partial charge in [0.05, 0.1) is 6.54 Å². The zero-order valence-corrected chi connectivity index (χ0v) is 15.5. The Morgan fingerprint density at radius 3 is 2.58 bits per heavy atom. The molecule has 3 nitrogen and oxygen atoms in total. The van der Waals surface area contributed by atoms with Gasteiger partial charge in [0, 0.05) is 12.1 Å². The Morgan fingerprint density at radius 2 is 1.92 bits per heavy atom. The van der Waals surface area contributed by atoms with Crippen molar-refractivity contribution in [1.82, 2.24) is 5.32 Å². The minimum absolute atomic E-state index is 0. The smallest absolute Gasteiger partial charge is 0.227 e. The molecule has 1 saturated heterocycles. The summed E-state index contributed by atoms with van der Waals surface area (Å²) in [6.45, 7) is 2.85. The fourth-order valence-corrected chi connectivity index (χ4v) is 3.79. The average Bonchev–Trinajstić information content (AvgIpc) is 3.12. The summed E-state index contributed by atoms with van der Waals surface area (Å²) in [6, 6.07) is 12.1. The molecular weight excluding hydrogens is 340 g/mol. The van der Waals surface area contributed by atoms with Gasteiger partial charge >= 0.3 is 0 Å². The summed E-state index contributed by atoms with van der Waals surface area (Å²) in [5, 5.41) is 7.58. The molecule has 1 N–H and O–H groups in total. The van der Waals surface area contributed by atoms with Crippen molar-refractivity contribution < 1.29 is 4.79 Å². The lowest BCUT2D eigenvalue weighted by molar-refractivity contribution is -0.119. The SMILES string of the molecule is Cl.O=C(CCC1CCNCC1)N(Cc1ccsc1)c1ccccc1. The van der Waals surface area contributed by atoms with Crippen molar-refractivity contribution in [2.45, 2.75) is 32.2 Å². The fourth-order valence-electron chi connectivity index (χ4n) is 3.13. The first-order chi connectivity index (χ1) is 11.3. The molecule has 0 unspecified atom stereocenters. The largest absolute Gasteiger partial charge is 0.317 e. The molecule has 1 aromatic carbocycles. The third-order valence-corrected chi connectivity index (χ3v) is 5.25. The van der Waals surface area contributed by atoms with Crippen LogP contribution in [0.5, 0.6) is 0 Å². The van der Waals surface area contributed by atoms with E-state index in [4.69, 9.17) is 0 Å². The van der Waals surface area contributed by atoms with E-state index in [1.165, 1.54) is 18.4 Å². The molecule has 130 valence electrons. The van der Waals surface area contributed by atoms with Gasteiger partial charge in [-0.2, -0.15) is 11.3 Å². The highest BCUT2D eigenvalue weighted by Crippen LogP contribution is 2.23. The van der Waals surface area contributed by atoms with Crippen LogP contribution in [0.15, 0.2) is 47.2 Å². The van der Waals surface area contributed by atoms with Gasteiger partial charge in [-0.3, -0.25) is 4.79 Å². The molecule has 0 spiro atoms. The fraction of sp³-hybridized carbons (Fsp3) is 0.421. The maximum Gasteiger partial charge on any atom is 0.227 e. The molecule has 3 rings (SSSR count). The van der Waals surface area contributed by atoms with E-state index in [1.807, 2.05) is 35.2 Å². The molecule has 2 heterocycles. The monoisotopic (exact) mass is 364 g/mol. The van der Waals surface area contributed by atoms with Crippen molar-refractivity contribution in [2.75, 3.05) is 18.0 Å². The molecule has 2 aromatic rings. The summed E-state index contributed by atoms with van der Waals surface area (Å²) < 4.78 is 0. The van der Waals surface area contributed by atoms with Crippen LogP contribution in [0, 0.1) is 5.92 Å². The number of carbonyl (C=O) groups is 1. The molecule has 0 saturated carbocycles. The lowest BCUT2D eigenvalue weighted by atomic mass is 9.93. The zero-order chi connectivity index (χ0) is 15.9. The molecule has 1 amide bonds. The molecule has 0 bridgehead atoms. The molecule has 1 aliphatic rings. The van der Waals surface area contributed by atoms with Crippen LogP contribution in [0.3, 0.4) is 0 Å². The summed E-state index contributed by atoms with van der Waals surface area (Å²) >= 11 is 1.68. The highest BCUT2D eigenvalue weighted by atomic mass is 35.5. The van der Waals surface area contributed by atoms with E-state index in [1.54, 1.807) is 11.3 Å². The molecule has 0 radical (unpaired) electrons. The van der Waals surface area contributed by atoms with Gasteiger partial charge in [-0.25, -0.2) is 0 Å². The summed E-state index contributed by atoms with van der Waals surface area (Å²) in [6.07, 6.45) is 4.05. The van der Waals surface area contributed by atoms with E-state index >= 15 is 0 Å². The number of carbonyl (C=O) groups excluding carboxylic acids is 1. The third-order valence-electron chi connectivity index (χ3n) is 4.51. The van der Waals surface area contributed by atoms with Crippen molar-refractivity contribution >= 4 is 35.3 Å². The van der Waals surface area contributed by atoms with Gasteiger partial charge in [0.2, 0.25) is 5.91 Å². The number of piperidine rings is 1. The van der Waals surface area contributed by atoms with E-state index in [2.05, 4.69) is 22.1 Å². The minimum Gasteiger partial charge on any atom is -0.317 e. The van der Waals surface area contributed by atoms with Crippen molar-refractivity contribution in [3.8, 4) is 0 Å². The molecule has 24 heavy (non-hydrogen) atoms. The van der Waals surface area contributed by atoms with Crippen LogP contribution in [-0.4, -0.2) is 19.0 Å². The number of rotatable bonds is 6. The topological polar surface area (TPSA) is 32.3 Å². The van der Waals surface area contributed by atoms with Gasteiger partial charge in [-0.1, -0.05) is 18.2 Å². The Labute approximate surface area is 154 Å². The summed E-state index contributed by atoms with van der Waals surface area (Å²) in [5.41, 5.74) is 2.20. The van der Waals surface area contributed by atoms with Crippen LogP contribution in [-0.2, 0) is 11.3 Å². The van der Waals surface area contributed by atoms with Gasteiger partial charge in [-0.15, -0.1) is 12.4 Å². The lowest BCUT2D eigenvalue weighted by Gasteiger charge is -2.25. The molecule has 0 atom stereocenters. The number of thiophene rings is 1. The molecule has 5 heteroatoms. The normalized spacial score (nSPS) is 14.8. The second-order valence-corrected chi connectivity index (χ2v) is 6.96. The molecular formula is C19H25ClN2OS. The van der Waals surface area contributed by atoms with Crippen LogP contribution in [0.4, 0.5) is 5.69 Å². The second-order valence-electron chi connectivity index (χ2n) is 6.18. The summed E-state index contributed by atoms with van der Waals surface area (Å²) in [7, 11) is 0. The number of nitrogens with zero attached hydrogens (tertiary/aromatic N) is 1. The molecule has 1 aliphatic heterocycles. The van der Waals surface area contributed by atoms with Crippen molar-refractivity contribution in [1.29, 1.82) is 0 Å². The Bertz CT molecular complexity index is 597. The van der Waals surface area contributed by atoms with Gasteiger partial charge in [0.1, 0.15) is 0 Å². The van der Waals surface area contributed by atoms with Crippen LogP contribution in [0.25, 0.3) is 0 Å². The number of nitrogens with one attached hydrogen (secondary N) is 1. The predicted octanol–water partition coefficient (Wildman–Crippen LogP) is 4.48. The van der Waals surface area contributed by atoms with Gasteiger partial charge in [-0.05, 0) is 72.8 Å². The first-order valence-electron chi connectivity index (χ1n) is 8.40. The second kappa shape index (κ2) is 9.82.